The fraction of sp³-hybridized carbons (Fsp3) is 0.692. The number of hydrogen-bond donors (Lipinski definition) is 2. The van der Waals surface area contributed by atoms with E-state index in [1.165, 1.54) is 27.8 Å². The Hall–Kier alpha value is -1.81. The zero-order chi connectivity index (χ0) is 44.8. The molecule has 2 aromatic rings. The number of fused-ring (bicyclic) bond motifs is 3. The van der Waals surface area contributed by atoms with Gasteiger partial charge in [-0.2, -0.15) is 11.8 Å². The highest BCUT2D eigenvalue weighted by atomic mass is 32.2. The van der Waals surface area contributed by atoms with E-state index in [-0.39, 0.29) is 5.41 Å². The van der Waals surface area contributed by atoms with Gasteiger partial charge >= 0.3 is 0 Å². The zero-order valence-electron chi connectivity index (χ0n) is 41.5. The molecule has 0 fully saturated rings. The first-order valence-electron chi connectivity index (χ1n) is 20.8. The molecule has 0 bridgehead atoms. The fourth-order valence-corrected chi connectivity index (χ4v) is 4.35. The lowest BCUT2D eigenvalue weighted by molar-refractivity contribution is -0.107. The molecule has 0 radical (unpaired) electrons. The third kappa shape index (κ3) is 35.1. The molecule has 0 saturated heterocycles. The monoisotopic (exact) mass is 785 g/mol. The summed E-state index contributed by atoms with van der Waals surface area (Å²) in [7, 11) is 0. The molecule has 4 rings (SSSR count). The van der Waals surface area contributed by atoms with E-state index in [4.69, 9.17) is 10.2 Å². The molecule has 2 unspecified atom stereocenters. The molecule has 0 spiro atoms. The minimum atomic E-state index is -1.01. The number of rotatable bonds is 2. The number of hydrogen-bond acceptors (Lipinski definition) is 3. The highest BCUT2D eigenvalue weighted by Crippen LogP contribution is 2.52. The van der Waals surface area contributed by atoms with Crippen molar-refractivity contribution in [2.75, 3.05) is 12.5 Å². The number of benzene rings is 2. The second-order valence-electron chi connectivity index (χ2n) is 21.5. The van der Waals surface area contributed by atoms with Gasteiger partial charge in [0.15, 0.2) is 0 Å². The summed E-state index contributed by atoms with van der Waals surface area (Å²) in [4.78, 5) is 0. The minimum Gasteiger partial charge on any atom is -0.387 e. The van der Waals surface area contributed by atoms with Gasteiger partial charge in [-0.3, -0.25) is 0 Å². The van der Waals surface area contributed by atoms with Crippen molar-refractivity contribution in [1.82, 2.24) is 0 Å². The van der Waals surface area contributed by atoms with Crippen LogP contribution in [0.2, 0.25) is 0 Å². The molecule has 0 saturated carbocycles. The molecule has 55 heavy (non-hydrogen) atoms. The predicted molar refractivity (Wildman–Crippen MR) is 257 cm³/mol. The summed E-state index contributed by atoms with van der Waals surface area (Å²) in [5, 5.41) is 18.2. The second-order valence-corrected chi connectivity index (χ2v) is 22.4. The predicted octanol–water partition coefficient (Wildman–Crippen LogP) is 16.0. The third-order valence-corrected chi connectivity index (χ3v) is 8.18. The van der Waals surface area contributed by atoms with Gasteiger partial charge < -0.3 is 10.2 Å². The van der Waals surface area contributed by atoms with Crippen LogP contribution in [0.3, 0.4) is 0 Å². The van der Waals surface area contributed by atoms with E-state index in [1.54, 1.807) is 39.5 Å². The van der Waals surface area contributed by atoms with Crippen LogP contribution in [-0.2, 0) is 5.41 Å². The quantitative estimate of drug-likeness (QED) is 0.319. The van der Waals surface area contributed by atoms with Crippen LogP contribution in [-0.4, -0.2) is 33.9 Å². The van der Waals surface area contributed by atoms with Gasteiger partial charge in [-0.05, 0) is 112 Å². The molecule has 2 N–H and O–H groups in total. The molecule has 2 nitrogen and oxygen atoms in total. The Morgan fingerprint density at radius 2 is 0.836 bits per heavy atom. The molecule has 0 amide bonds. The molecule has 2 aliphatic rings. The molecule has 2 atom stereocenters. The summed E-state index contributed by atoms with van der Waals surface area (Å²) in [6.07, 6.45) is 13.2. The van der Waals surface area contributed by atoms with E-state index in [1.807, 2.05) is 12.5 Å². The van der Waals surface area contributed by atoms with Gasteiger partial charge in [-0.25, -0.2) is 0 Å². The molecular weight excluding hydrogens is 689 g/mol. The van der Waals surface area contributed by atoms with Crippen molar-refractivity contribution in [3.8, 4) is 0 Å². The van der Waals surface area contributed by atoms with Gasteiger partial charge in [-0.15, -0.1) is 0 Å². The number of aryl methyl sites for hydroxylation is 3. The van der Waals surface area contributed by atoms with E-state index >= 15 is 0 Å². The summed E-state index contributed by atoms with van der Waals surface area (Å²) in [6.45, 7) is 50.4. The van der Waals surface area contributed by atoms with E-state index in [2.05, 4.69) is 205 Å². The molecule has 322 valence electrons. The Kier molecular flexibility index (Phi) is 30.2. The minimum absolute atomic E-state index is 0.280. The van der Waals surface area contributed by atoms with Crippen LogP contribution in [0.5, 0.6) is 0 Å². The number of thioether (sulfide) groups is 1. The largest absolute Gasteiger partial charge is 0.387 e. The summed E-state index contributed by atoms with van der Waals surface area (Å²) in [5.41, 5.74) is 6.37. The lowest BCUT2D eigenvalue weighted by atomic mass is 9.74. The Balaban J connectivity index is -0.000000288. The lowest BCUT2D eigenvalue weighted by Crippen LogP contribution is -2.44. The average Bonchev–Trinajstić information content (AvgIpc) is 3.17. The van der Waals surface area contributed by atoms with Crippen molar-refractivity contribution < 1.29 is 10.2 Å². The van der Waals surface area contributed by atoms with E-state index < -0.39 is 11.2 Å². The van der Waals surface area contributed by atoms with Gasteiger partial charge in [0.2, 0.25) is 0 Å². The third-order valence-electron chi connectivity index (χ3n) is 8.18. The maximum absolute atomic E-state index is 9.10. The number of aliphatic hydroxyl groups is 2. The van der Waals surface area contributed by atoms with Gasteiger partial charge in [0.25, 0.3) is 0 Å². The SMILES string of the molecule is CC(C)(C)C.CC(C)(C)C.CC(C)(O)C(C)(C)O.CC(C)C.CC(C)C(C)C.CC1(C)c2ccccc2C2C=CC=CC21.CSC.Cc1cc(C)cc(C)c1. The van der Waals surface area contributed by atoms with Crippen LogP contribution < -0.4 is 0 Å². The van der Waals surface area contributed by atoms with Crippen LogP contribution in [0.25, 0.3) is 0 Å². The first kappa shape index (κ1) is 59.9. The lowest BCUT2D eigenvalue weighted by Gasteiger charge is -2.31. The van der Waals surface area contributed by atoms with Crippen LogP contribution in [0.4, 0.5) is 0 Å². The first-order valence-corrected chi connectivity index (χ1v) is 22.4. The molecule has 2 aromatic carbocycles. The summed E-state index contributed by atoms with van der Waals surface area (Å²) in [6, 6.07) is 15.4. The topological polar surface area (TPSA) is 40.5 Å². The van der Waals surface area contributed by atoms with E-state index in [0.717, 1.165) is 17.8 Å². The van der Waals surface area contributed by atoms with Gasteiger partial charge in [0.05, 0.1) is 11.2 Å². The van der Waals surface area contributed by atoms with Gasteiger partial charge in [0, 0.05) is 5.92 Å². The highest BCUT2D eigenvalue weighted by Gasteiger charge is 2.43. The molecule has 3 heteroatoms. The Bertz CT molecular complexity index is 1200. The summed E-state index contributed by atoms with van der Waals surface area (Å²) in [5.74, 6) is 3.77. The Morgan fingerprint density at radius 1 is 0.564 bits per heavy atom. The molecule has 0 aliphatic heterocycles. The maximum Gasteiger partial charge on any atom is 0.0872 e. The van der Waals surface area contributed by atoms with Crippen molar-refractivity contribution in [2.45, 2.75) is 189 Å². The zero-order valence-corrected chi connectivity index (χ0v) is 42.4. The van der Waals surface area contributed by atoms with Crippen molar-refractivity contribution in [3.63, 3.8) is 0 Å². The molecule has 0 heterocycles. The van der Waals surface area contributed by atoms with Crippen LogP contribution in [0.15, 0.2) is 66.8 Å². The summed E-state index contributed by atoms with van der Waals surface area (Å²) < 4.78 is 0. The van der Waals surface area contributed by atoms with Gasteiger partial charge in [-0.1, -0.05) is 201 Å². The summed E-state index contributed by atoms with van der Waals surface area (Å²) >= 11 is 1.75. The normalized spacial score (nSPS) is 16.2. The number of allylic oxidation sites excluding steroid dienone is 4. The van der Waals surface area contributed by atoms with Crippen molar-refractivity contribution in [1.29, 1.82) is 0 Å². The van der Waals surface area contributed by atoms with Gasteiger partial charge in [0.1, 0.15) is 0 Å². The standard InChI is InChI=1S/C15H16.C9H12.C6H14O2.C6H14.2C5H12.C4H10.C2H6S/c1-15(2)13-9-5-3-7-11(13)12-8-4-6-10-14(12)15;1-7-4-8(2)6-9(3)5-7;1-5(2,7)6(3,4)8;1-5(2)6(3)4;2*1-5(2,3)4;1-4(2)3;1-3-2/h3-11,13H,1-2H3;4-6H,1-3H3;7-8H,1-4H3;5-6H,1-4H3;2*1-4H3;4H,1-3H3;1-2H3. The Morgan fingerprint density at radius 3 is 1.11 bits per heavy atom. The maximum atomic E-state index is 9.10. The van der Waals surface area contributed by atoms with Crippen LogP contribution >= 0.6 is 11.8 Å². The average molecular weight is 785 g/mol. The molecule has 2 aliphatic carbocycles. The first-order chi connectivity index (χ1) is 24.4. The second kappa shape index (κ2) is 27.8. The van der Waals surface area contributed by atoms with Crippen LogP contribution in [0, 0.1) is 55.3 Å². The van der Waals surface area contributed by atoms with Crippen molar-refractivity contribution in [2.24, 2.45) is 34.5 Å². The fourth-order valence-electron chi connectivity index (χ4n) is 4.35. The van der Waals surface area contributed by atoms with Crippen molar-refractivity contribution >= 4 is 11.8 Å². The van der Waals surface area contributed by atoms with E-state index in [0.29, 0.717) is 22.7 Å². The highest BCUT2D eigenvalue weighted by molar-refractivity contribution is 7.97. The molecular formula is C52H96O2S. The van der Waals surface area contributed by atoms with Crippen LogP contribution in [0.1, 0.15) is 179 Å². The smallest absolute Gasteiger partial charge is 0.0872 e. The van der Waals surface area contributed by atoms with Crippen molar-refractivity contribution in [3.05, 3.63) is 94.6 Å². The molecule has 0 aromatic heterocycles. The van der Waals surface area contributed by atoms with E-state index in [9.17, 15) is 0 Å². The Labute approximate surface area is 350 Å².